The average Bonchev–Trinajstić information content (AvgIpc) is 2.33. The minimum absolute atomic E-state index is 0.0509. The molecule has 1 aromatic heterocycles. The molecule has 0 atom stereocenters. The van der Waals surface area contributed by atoms with E-state index < -0.39 is 10.1 Å². The Morgan fingerprint density at radius 2 is 2.17 bits per heavy atom. The van der Waals surface area contributed by atoms with Crippen LogP contribution in [0, 0.1) is 6.92 Å². The van der Waals surface area contributed by atoms with Gasteiger partial charge in [-0.15, -0.1) is 0 Å². The molecule has 0 bridgehead atoms. The van der Waals surface area contributed by atoms with Crippen LogP contribution in [0.15, 0.2) is 11.2 Å². The van der Waals surface area contributed by atoms with E-state index in [0.29, 0.717) is 5.82 Å². The zero-order valence-corrected chi connectivity index (χ0v) is 7.92. The van der Waals surface area contributed by atoms with Gasteiger partial charge in [0.25, 0.3) is 0 Å². The summed E-state index contributed by atoms with van der Waals surface area (Å²) in [7, 11) is -0.802. The van der Waals surface area contributed by atoms with Crippen LogP contribution in [-0.4, -0.2) is 25.1 Å². The standard InChI is InChI=1S/C6H10N2O3S/c1-5-7-6(4-8(5)2)12(9,10)11-3/h4H,1-3H3. The second-order valence-electron chi connectivity index (χ2n) is 2.36. The van der Waals surface area contributed by atoms with Crippen molar-refractivity contribution in [2.45, 2.75) is 11.9 Å². The summed E-state index contributed by atoms with van der Waals surface area (Å²) in [5, 5.41) is -0.0509. The van der Waals surface area contributed by atoms with E-state index in [1.54, 1.807) is 18.5 Å². The molecule has 1 rings (SSSR count). The van der Waals surface area contributed by atoms with Crippen LogP contribution in [0.2, 0.25) is 0 Å². The Balaban J connectivity index is 3.22. The summed E-state index contributed by atoms with van der Waals surface area (Å²) in [6, 6.07) is 0. The molecule has 6 heteroatoms. The molecule has 1 aromatic rings. The second kappa shape index (κ2) is 2.87. The summed E-state index contributed by atoms with van der Waals surface area (Å²) in [5.74, 6) is 0.630. The first kappa shape index (κ1) is 9.21. The van der Waals surface area contributed by atoms with Crippen LogP contribution in [0.1, 0.15) is 5.82 Å². The lowest BCUT2D eigenvalue weighted by molar-refractivity contribution is 0.395. The summed E-state index contributed by atoms with van der Waals surface area (Å²) in [6.45, 7) is 1.72. The van der Waals surface area contributed by atoms with Crippen LogP contribution in [0.3, 0.4) is 0 Å². The Morgan fingerprint density at radius 3 is 2.50 bits per heavy atom. The summed E-state index contributed by atoms with van der Waals surface area (Å²) in [5.41, 5.74) is 0. The van der Waals surface area contributed by atoms with E-state index >= 15 is 0 Å². The van der Waals surface area contributed by atoms with Crippen LogP contribution in [0.4, 0.5) is 0 Å². The summed E-state index contributed by atoms with van der Waals surface area (Å²) < 4.78 is 28.0. The van der Waals surface area contributed by atoms with Gasteiger partial charge >= 0.3 is 10.1 Å². The summed E-state index contributed by atoms with van der Waals surface area (Å²) in [4.78, 5) is 3.80. The fourth-order valence-electron chi connectivity index (χ4n) is 0.732. The molecule has 0 N–H and O–H groups in total. The van der Waals surface area contributed by atoms with Crippen molar-refractivity contribution in [3.05, 3.63) is 12.0 Å². The SMILES string of the molecule is COS(=O)(=O)c1cn(C)c(C)n1. The number of nitrogens with zero attached hydrogens (tertiary/aromatic N) is 2. The van der Waals surface area contributed by atoms with Gasteiger partial charge in [0.1, 0.15) is 5.82 Å². The topological polar surface area (TPSA) is 61.2 Å². The van der Waals surface area contributed by atoms with Gasteiger partial charge in [-0.2, -0.15) is 8.42 Å². The largest absolute Gasteiger partial charge is 0.337 e. The van der Waals surface area contributed by atoms with Crippen molar-refractivity contribution < 1.29 is 12.6 Å². The smallest absolute Gasteiger partial charge is 0.315 e. The third-order valence-corrected chi connectivity index (χ3v) is 2.71. The van der Waals surface area contributed by atoms with E-state index in [9.17, 15) is 8.42 Å². The van der Waals surface area contributed by atoms with Crippen molar-refractivity contribution in [3.8, 4) is 0 Å². The molecule has 1 heterocycles. The fraction of sp³-hybridized carbons (Fsp3) is 0.500. The average molecular weight is 190 g/mol. The normalized spacial score (nSPS) is 11.9. The highest BCUT2D eigenvalue weighted by Gasteiger charge is 2.16. The fourth-order valence-corrected chi connectivity index (χ4v) is 1.43. The summed E-state index contributed by atoms with van der Waals surface area (Å²) in [6.07, 6.45) is 1.41. The Hall–Kier alpha value is -0.880. The first-order chi connectivity index (χ1) is 5.47. The molecule has 0 aliphatic carbocycles. The minimum atomic E-state index is -3.63. The number of imidazole rings is 1. The monoisotopic (exact) mass is 190 g/mol. The molecule has 5 nitrogen and oxygen atoms in total. The molecule has 0 amide bonds. The maximum absolute atomic E-state index is 11.1. The number of hydrogen-bond acceptors (Lipinski definition) is 4. The number of aryl methyl sites for hydroxylation is 2. The van der Waals surface area contributed by atoms with Crippen molar-refractivity contribution in [2.24, 2.45) is 7.05 Å². The van der Waals surface area contributed by atoms with Crippen molar-refractivity contribution in [3.63, 3.8) is 0 Å². The lowest BCUT2D eigenvalue weighted by Crippen LogP contribution is -2.02. The van der Waals surface area contributed by atoms with Crippen molar-refractivity contribution >= 4 is 10.1 Å². The number of aromatic nitrogens is 2. The van der Waals surface area contributed by atoms with Gasteiger partial charge < -0.3 is 4.57 Å². The van der Waals surface area contributed by atoms with Gasteiger partial charge in [-0.25, -0.2) is 4.98 Å². The van der Waals surface area contributed by atoms with Gasteiger partial charge in [-0.05, 0) is 6.92 Å². The van der Waals surface area contributed by atoms with E-state index in [1.165, 1.54) is 6.20 Å². The molecule has 0 radical (unpaired) electrons. The molecule has 0 aliphatic heterocycles. The predicted octanol–water partition coefficient (Wildman–Crippen LogP) is 0.0636. The first-order valence-corrected chi connectivity index (χ1v) is 4.69. The number of hydrogen-bond donors (Lipinski definition) is 0. The third-order valence-electron chi connectivity index (χ3n) is 1.56. The van der Waals surface area contributed by atoms with Gasteiger partial charge in [0.05, 0.1) is 7.11 Å². The number of rotatable bonds is 2. The van der Waals surface area contributed by atoms with Crippen LogP contribution >= 0.6 is 0 Å². The van der Waals surface area contributed by atoms with Crippen LogP contribution in [-0.2, 0) is 21.3 Å². The Morgan fingerprint density at radius 1 is 1.58 bits per heavy atom. The molecule has 0 saturated carbocycles. The highest BCUT2D eigenvalue weighted by Crippen LogP contribution is 2.09. The molecular formula is C6H10N2O3S. The Kier molecular flexibility index (Phi) is 2.20. The van der Waals surface area contributed by atoms with E-state index in [-0.39, 0.29) is 5.03 Å². The molecule has 0 aromatic carbocycles. The first-order valence-electron chi connectivity index (χ1n) is 3.28. The lowest BCUT2D eigenvalue weighted by Gasteiger charge is -1.93. The molecule has 0 aliphatic rings. The Bertz CT molecular complexity index is 360. The maximum atomic E-state index is 11.1. The van der Waals surface area contributed by atoms with E-state index in [4.69, 9.17) is 0 Å². The van der Waals surface area contributed by atoms with E-state index in [0.717, 1.165) is 7.11 Å². The van der Waals surface area contributed by atoms with Crippen molar-refractivity contribution in [1.29, 1.82) is 0 Å². The van der Waals surface area contributed by atoms with Crippen LogP contribution < -0.4 is 0 Å². The maximum Gasteiger partial charge on any atom is 0.315 e. The lowest BCUT2D eigenvalue weighted by atomic mass is 10.7. The zero-order valence-electron chi connectivity index (χ0n) is 7.10. The van der Waals surface area contributed by atoms with Crippen LogP contribution in [0.5, 0.6) is 0 Å². The molecular weight excluding hydrogens is 180 g/mol. The van der Waals surface area contributed by atoms with Crippen LogP contribution in [0.25, 0.3) is 0 Å². The minimum Gasteiger partial charge on any atom is -0.337 e. The van der Waals surface area contributed by atoms with E-state index in [1.807, 2.05) is 0 Å². The third kappa shape index (κ3) is 1.49. The van der Waals surface area contributed by atoms with Gasteiger partial charge in [0.2, 0.25) is 5.03 Å². The summed E-state index contributed by atoms with van der Waals surface area (Å²) >= 11 is 0. The molecule has 0 spiro atoms. The quantitative estimate of drug-likeness (QED) is 0.619. The molecule has 0 saturated heterocycles. The van der Waals surface area contributed by atoms with E-state index in [2.05, 4.69) is 9.17 Å². The van der Waals surface area contributed by atoms with Crippen molar-refractivity contribution in [1.82, 2.24) is 9.55 Å². The van der Waals surface area contributed by atoms with Gasteiger partial charge in [0, 0.05) is 13.2 Å². The molecule has 68 valence electrons. The molecule has 0 unspecified atom stereocenters. The molecule has 12 heavy (non-hydrogen) atoms. The van der Waals surface area contributed by atoms with Gasteiger partial charge in [0.15, 0.2) is 0 Å². The Labute approximate surface area is 71.1 Å². The second-order valence-corrected chi connectivity index (χ2v) is 4.02. The highest BCUT2D eigenvalue weighted by atomic mass is 32.2. The highest BCUT2D eigenvalue weighted by molar-refractivity contribution is 7.86. The van der Waals surface area contributed by atoms with Gasteiger partial charge in [-0.3, -0.25) is 4.18 Å². The predicted molar refractivity (Wildman–Crippen MR) is 42.1 cm³/mol. The molecule has 0 fully saturated rings. The van der Waals surface area contributed by atoms with Gasteiger partial charge in [-0.1, -0.05) is 0 Å². The van der Waals surface area contributed by atoms with Crippen molar-refractivity contribution in [2.75, 3.05) is 7.11 Å². The zero-order chi connectivity index (χ0) is 9.35.